The average molecular weight is 202 g/mol. The van der Waals surface area contributed by atoms with E-state index in [4.69, 9.17) is 0 Å². The van der Waals surface area contributed by atoms with Crippen molar-refractivity contribution in [3.05, 3.63) is 42.7 Å². The topological polar surface area (TPSA) is 17.8 Å². The maximum atomic E-state index is 4.11. The molecule has 0 amide bonds. The number of aryl methyl sites for hydroxylation is 1. The van der Waals surface area contributed by atoms with Crippen LogP contribution in [0.15, 0.2) is 42.7 Å². The predicted octanol–water partition coefficient (Wildman–Crippen LogP) is 3.50. The lowest BCUT2D eigenvalue weighted by atomic mass is 10.1. The lowest BCUT2D eigenvalue weighted by Crippen LogP contribution is -1.83. The lowest BCUT2D eigenvalue weighted by Gasteiger charge is -1.93. The molecule has 1 aromatic heterocycles. The van der Waals surface area contributed by atoms with Crippen molar-refractivity contribution in [1.29, 1.82) is 0 Å². The summed E-state index contributed by atoms with van der Waals surface area (Å²) >= 11 is 0. The summed E-state index contributed by atoms with van der Waals surface area (Å²) in [5, 5.41) is 4.11. The summed E-state index contributed by atoms with van der Waals surface area (Å²) < 4.78 is 1.81. The van der Waals surface area contributed by atoms with Crippen molar-refractivity contribution in [1.82, 2.24) is 9.78 Å². The summed E-state index contributed by atoms with van der Waals surface area (Å²) in [5.41, 5.74) is 2.38. The van der Waals surface area contributed by atoms with Gasteiger partial charge in [-0.25, -0.2) is 0 Å². The van der Waals surface area contributed by atoms with Gasteiger partial charge in [0.05, 0.1) is 6.20 Å². The monoisotopic (exact) mass is 202 g/mol. The molecule has 2 heteroatoms. The molecular weight excluding hydrogens is 184 g/mol. The number of nitrogens with zero attached hydrogens (tertiary/aromatic N) is 2. The first kappa shape index (κ1) is 11.5. The Kier molecular flexibility index (Phi) is 4.61. The molecule has 2 nitrogen and oxygen atoms in total. The molecule has 0 radical (unpaired) electrons. The Labute approximate surface area is 91.6 Å². The standard InChI is InChI=1S/C10H10N2.C3H8/c1-12-8-10(7-11-12)9-5-3-2-4-6-9;1-3-2/h2-8H,1H3;3H2,1-2H3. The number of rotatable bonds is 1. The van der Waals surface area contributed by atoms with E-state index in [-0.39, 0.29) is 0 Å². The first-order chi connectivity index (χ1) is 7.27. The molecule has 1 heterocycles. The molecule has 15 heavy (non-hydrogen) atoms. The Bertz CT molecular complexity index is 376. The van der Waals surface area contributed by atoms with Crippen LogP contribution in [0.25, 0.3) is 11.1 Å². The molecule has 0 saturated carbocycles. The summed E-state index contributed by atoms with van der Waals surface area (Å²) in [6.45, 7) is 4.25. The SMILES string of the molecule is CCC.Cn1cc(-c2ccccc2)cn1. The molecule has 0 fully saturated rings. The highest BCUT2D eigenvalue weighted by molar-refractivity contribution is 5.61. The molecule has 0 saturated heterocycles. The van der Waals surface area contributed by atoms with Crippen molar-refractivity contribution in [2.24, 2.45) is 7.05 Å². The van der Waals surface area contributed by atoms with Gasteiger partial charge in [0.1, 0.15) is 0 Å². The van der Waals surface area contributed by atoms with E-state index in [1.165, 1.54) is 12.0 Å². The van der Waals surface area contributed by atoms with E-state index in [9.17, 15) is 0 Å². The number of hydrogen-bond acceptors (Lipinski definition) is 1. The van der Waals surface area contributed by atoms with Gasteiger partial charge in [-0.2, -0.15) is 5.10 Å². The number of hydrogen-bond donors (Lipinski definition) is 0. The van der Waals surface area contributed by atoms with Crippen molar-refractivity contribution < 1.29 is 0 Å². The fourth-order valence-corrected chi connectivity index (χ4v) is 1.20. The van der Waals surface area contributed by atoms with Gasteiger partial charge >= 0.3 is 0 Å². The highest BCUT2D eigenvalue weighted by Gasteiger charge is 1.96. The minimum atomic E-state index is 1.16. The molecule has 1 aromatic carbocycles. The van der Waals surface area contributed by atoms with E-state index in [0.29, 0.717) is 0 Å². The van der Waals surface area contributed by atoms with Gasteiger partial charge in [0, 0.05) is 18.8 Å². The molecule has 0 aliphatic heterocycles. The molecule has 0 N–H and O–H groups in total. The third-order valence-corrected chi connectivity index (χ3v) is 1.81. The molecule has 80 valence electrons. The summed E-state index contributed by atoms with van der Waals surface area (Å²) in [7, 11) is 1.92. The number of benzene rings is 1. The van der Waals surface area contributed by atoms with Gasteiger partial charge in [0.15, 0.2) is 0 Å². The van der Waals surface area contributed by atoms with Crippen LogP contribution in [-0.2, 0) is 7.05 Å². The van der Waals surface area contributed by atoms with Gasteiger partial charge < -0.3 is 0 Å². The van der Waals surface area contributed by atoms with Crippen LogP contribution in [0.4, 0.5) is 0 Å². The summed E-state index contributed by atoms with van der Waals surface area (Å²) in [6, 6.07) is 10.2. The molecule has 2 rings (SSSR count). The van der Waals surface area contributed by atoms with E-state index < -0.39 is 0 Å². The van der Waals surface area contributed by atoms with Gasteiger partial charge in [-0.15, -0.1) is 0 Å². The van der Waals surface area contributed by atoms with Crippen molar-refractivity contribution in [3.8, 4) is 11.1 Å². The fourth-order valence-electron chi connectivity index (χ4n) is 1.20. The van der Waals surface area contributed by atoms with E-state index >= 15 is 0 Å². The second kappa shape index (κ2) is 6.02. The van der Waals surface area contributed by atoms with Crippen molar-refractivity contribution in [3.63, 3.8) is 0 Å². The highest BCUT2D eigenvalue weighted by atomic mass is 15.2. The molecule has 0 atom stereocenters. The van der Waals surface area contributed by atoms with Gasteiger partial charge in [-0.3, -0.25) is 4.68 Å². The van der Waals surface area contributed by atoms with Crippen LogP contribution in [-0.4, -0.2) is 9.78 Å². The highest BCUT2D eigenvalue weighted by Crippen LogP contribution is 2.16. The normalized spacial score (nSPS) is 9.27. The first-order valence-corrected chi connectivity index (χ1v) is 5.32. The minimum absolute atomic E-state index is 1.16. The molecule has 0 bridgehead atoms. The average Bonchev–Trinajstić information content (AvgIpc) is 2.67. The van der Waals surface area contributed by atoms with E-state index in [2.05, 4.69) is 31.1 Å². The van der Waals surface area contributed by atoms with Gasteiger partial charge in [-0.1, -0.05) is 50.6 Å². The van der Waals surface area contributed by atoms with Crippen LogP contribution >= 0.6 is 0 Å². The van der Waals surface area contributed by atoms with Crippen LogP contribution in [0, 0.1) is 0 Å². The molecule has 2 aromatic rings. The Balaban J connectivity index is 0.000000337. The maximum Gasteiger partial charge on any atom is 0.0568 e. The summed E-state index contributed by atoms with van der Waals surface area (Å²) in [5.74, 6) is 0. The smallest absolute Gasteiger partial charge is 0.0568 e. The third kappa shape index (κ3) is 3.58. The molecular formula is C13H18N2. The van der Waals surface area contributed by atoms with Crippen molar-refractivity contribution in [2.45, 2.75) is 20.3 Å². The maximum absolute atomic E-state index is 4.11. The zero-order valence-corrected chi connectivity index (χ0v) is 9.64. The fraction of sp³-hybridized carbons (Fsp3) is 0.308. The molecule has 0 aliphatic rings. The van der Waals surface area contributed by atoms with Crippen LogP contribution in [0.5, 0.6) is 0 Å². The largest absolute Gasteiger partial charge is 0.275 e. The Hall–Kier alpha value is -1.57. The number of aromatic nitrogens is 2. The van der Waals surface area contributed by atoms with Gasteiger partial charge in [0.2, 0.25) is 0 Å². The summed E-state index contributed by atoms with van der Waals surface area (Å²) in [4.78, 5) is 0. The van der Waals surface area contributed by atoms with E-state index in [1.807, 2.05) is 42.3 Å². The molecule has 0 spiro atoms. The zero-order valence-electron chi connectivity index (χ0n) is 9.64. The van der Waals surface area contributed by atoms with E-state index in [1.54, 1.807) is 0 Å². The van der Waals surface area contributed by atoms with Crippen LogP contribution in [0.2, 0.25) is 0 Å². The first-order valence-electron chi connectivity index (χ1n) is 5.32. The summed E-state index contributed by atoms with van der Waals surface area (Å²) in [6.07, 6.45) is 5.13. The molecule has 0 unspecified atom stereocenters. The quantitative estimate of drug-likeness (QED) is 0.692. The van der Waals surface area contributed by atoms with Crippen LogP contribution < -0.4 is 0 Å². The minimum Gasteiger partial charge on any atom is -0.275 e. The second-order valence-corrected chi connectivity index (χ2v) is 3.48. The van der Waals surface area contributed by atoms with Gasteiger partial charge in [0.25, 0.3) is 0 Å². The Morgan fingerprint density at radius 1 is 1.07 bits per heavy atom. The van der Waals surface area contributed by atoms with Crippen molar-refractivity contribution in [2.75, 3.05) is 0 Å². The second-order valence-electron chi connectivity index (χ2n) is 3.48. The predicted molar refractivity (Wildman–Crippen MR) is 64.6 cm³/mol. The molecule has 0 aliphatic carbocycles. The Morgan fingerprint density at radius 3 is 2.13 bits per heavy atom. The van der Waals surface area contributed by atoms with Crippen LogP contribution in [0.1, 0.15) is 20.3 Å². The van der Waals surface area contributed by atoms with Crippen molar-refractivity contribution >= 4 is 0 Å². The zero-order chi connectivity index (χ0) is 11.1. The lowest BCUT2D eigenvalue weighted by molar-refractivity contribution is 0.768. The Morgan fingerprint density at radius 2 is 1.67 bits per heavy atom. The van der Waals surface area contributed by atoms with Gasteiger partial charge in [-0.05, 0) is 5.56 Å². The van der Waals surface area contributed by atoms with Crippen LogP contribution in [0.3, 0.4) is 0 Å². The van der Waals surface area contributed by atoms with E-state index in [0.717, 1.165) is 5.56 Å². The third-order valence-electron chi connectivity index (χ3n) is 1.81.